The normalized spacial score (nSPS) is 16.2. The van der Waals surface area contributed by atoms with Gasteiger partial charge in [0.2, 0.25) is 0 Å². The highest BCUT2D eigenvalue weighted by atomic mass is 32.2. The predicted octanol–water partition coefficient (Wildman–Crippen LogP) is 5.88. The number of thioether (sulfide) groups is 1. The summed E-state index contributed by atoms with van der Waals surface area (Å²) in [5.41, 5.74) is 2.26. The number of nitrogens with zero attached hydrogens (tertiary/aromatic N) is 1. The van der Waals surface area contributed by atoms with Gasteiger partial charge in [0.1, 0.15) is 15.8 Å². The fourth-order valence-electron chi connectivity index (χ4n) is 2.96. The summed E-state index contributed by atoms with van der Waals surface area (Å²) < 4.78 is 12.2. The van der Waals surface area contributed by atoms with E-state index in [1.165, 1.54) is 22.2 Å². The Balaban J connectivity index is 1.45. The van der Waals surface area contributed by atoms with Crippen LogP contribution in [0.2, 0.25) is 0 Å². The van der Waals surface area contributed by atoms with Crippen LogP contribution >= 0.6 is 24.0 Å². The lowest BCUT2D eigenvalue weighted by molar-refractivity contribution is -0.121. The monoisotopic (exact) mass is 441 g/mol. The lowest BCUT2D eigenvalue weighted by atomic mass is 9.99. The molecule has 1 unspecified atom stereocenters. The number of likely N-dealkylation sites (N-methyl/N-ethyl adjacent to an activating group) is 1. The summed E-state index contributed by atoms with van der Waals surface area (Å²) in [6.07, 6.45) is 3.77. The van der Waals surface area contributed by atoms with Crippen LogP contribution in [0.25, 0.3) is 6.08 Å². The smallest absolute Gasteiger partial charge is 0.265 e. The number of hydrogen-bond acceptors (Lipinski definition) is 5. The lowest BCUT2D eigenvalue weighted by Crippen LogP contribution is -2.22. The molecule has 0 bridgehead atoms. The molecule has 1 amide bonds. The fourth-order valence-corrected chi connectivity index (χ4v) is 4.14. The van der Waals surface area contributed by atoms with Gasteiger partial charge in [0.15, 0.2) is 0 Å². The first-order valence-electron chi connectivity index (χ1n) is 10.1. The van der Waals surface area contributed by atoms with Gasteiger partial charge < -0.3 is 9.47 Å². The molecule has 1 aliphatic rings. The van der Waals surface area contributed by atoms with Crippen LogP contribution in [0.1, 0.15) is 43.7 Å². The number of rotatable bonds is 9. The van der Waals surface area contributed by atoms with Crippen molar-refractivity contribution in [1.29, 1.82) is 0 Å². The van der Waals surface area contributed by atoms with E-state index in [1.54, 1.807) is 7.05 Å². The zero-order valence-electron chi connectivity index (χ0n) is 17.6. The van der Waals surface area contributed by atoms with Crippen LogP contribution in [0.3, 0.4) is 0 Å². The fraction of sp³-hybridized carbons (Fsp3) is 0.333. The average molecular weight is 442 g/mol. The highest BCUT2D eigenvalue weighted by Crippen LogP contribution is 2.31. The van der Waals surface area contributed by atoms with Gasteiger partial charge in [-0.2, -0.15) is 0 Å². The minimum absolute atomic E-state index is 0.0642. The minimum Gasteiger partial charge on any atom is -0.493 e. The summed E-state index contributed by atoms with van der Waals surface area (Å²) in [7, 11) is 1.69. The van der Waals surface area contributed by atoms with Crippen LogP contribution in [-0.2, 0) is 4.79 Å². The number of thiocarbonyl (C=S) groups is 1. The Labute approximate surface area is 188 Å². The number of carbonyl (C=O) groups is 1. The Bertz CT molecular complexity index is 924. The molecule has 1 fully saturated rings. The molecule has 6 heteroatoms. The highest BCUT2D eigenvalue weighted by Gasteiger charge is 2.28. The van der Waals surface area contributed by atoms with E-state index in [0.717, 1.165) is 29.9 Å². The van der Waals surface area contributed by atoms with E-state index in [2.05, 4.69) is 26.0 Å². The van der Waals surface area contributed by atoms with Crippen molar-refractivity contribution in [3.63, 3.8) is 0 Å². The van der Waals surface area contributed by atoms with Crippen molar-refractivity contribution >= 4 is 40.3 Å². The molecule has 0 radical (unpaired) electrons. The zero-order chi connectivity index (χ0) is 21.5. The molecular weight excluding hydrogens is 414 g/mol. The second-order valence-electron chi connectivity index (χ2n) is 7.24. The van der Waals surface area contributed by atoms with Gasteiger partial charge in [0.05, 0.1) is 18.1 Å². The average Bonchev–Trinajstić information content (AvgIpc) is 3.00. The molecule has 2 aromatic carbocycles. The first kappa shape index (κ1) is 22.4. The Morgan fingerprint density at radius 2 is 1.80 bits per heavy atom. The number of carbonyl (C=O) groups excluding carboxylic acids is 1. The molecule has 30 heavy (non-hydrogen) atoms. The molecule has 158 valence electrons. The summed E-state index contributed by atoms with van der Waals surface area (Å²) in [4.78, 5) is 14.3. The van der Waals surface area contributed by atoms with Gasteiger partial charge in [-0.05, 0) is 53.8 Å². The number of amides is 1. The number of ether oxygens (including phenoxy) is 2. The van der Waals surface area contributed by atoms with Gasteiger partial charge in [0, 0.05) is 13.5 Å². The van der Waals surface area contributed by atoms with E-state index >= 15 is 0 Å². The van der Waals surface area contributed by atoms with Gasteiger partial charge in [-0.15, -0.1) is 0 Å². The molecule has 1 saturated heterocycles. The minimum atomic E-state index is -0.0642. The molecule has 0 N–H and O–H groups in total. The predicted molar refractivity (Wildman–Crippen MR) is 128 cm³/mol. The molecule has 4 nitrogen and oxygen atoms in total. The van der Waals surface area contributed by atoms with Crippen LogP contribution in [0.4, 0.5) is 0 Å². The van der Waals surface area contributed by atoms with E-state index < -0.39 is 0 Å². The molecule has 3 rings (SSSR count). The van der Waals surface area contributed by atoms with Gasteiger partial charge in [-0.1, -0.05) is 62.1 Å². The lowest BCUT2D eigenvalue weighted by Gasteiger charge is -2.11. The van der Waals surface area contributed by atoms with Crippen molar-refractivity contribution in [3.05, 3.63) is 64.6 Å². The van der Waals surface area contributed by atoms with E-state index in [4.69, 9.17) is 21.7 Å². The van der Waals surface area contributed by atoms with Crippen molar-refractivity contribution in [1.82, 2.24) is 4.90 Å². The zero-order valence-corrected chi connectivity index (χ0v) is 19.2. The van der Waals surface area contributed by atoms with Crippen LogP contribution in [0, 0.1) is 0 Å². The maximum atomic E-state index is 12.1. The largest absolute Gasteiger partial charge is 0.493 e. The Hall–Kier alpha value is -2.31. The second kappa shape index (κ2) is 10.6. The Kier molecular flexibility index (Phi) is 7.94. The molecule has 0 saturated carbocycles. The first-order chi connectivity index (χ1) is 14.5. The molecule has 0 spiro atoms. The molecule has 1 aliphatic heterocycles. The van der Waals surface area contributed by atoms with Gasteiger partial charge in [-0.3, -0.25) is 9.69 Å². The third-order valence-electron chi connectivity index (χ3n) is 5.03. The maximum absolute atomic E-state index is 12.1. The van der Waals surface area contributed by atoms with Crippen LogP contribution in [0.5, 0.6) is 11.5 Å². The van der Waals surface area contributed by atoms with Crippen molar-refractivity contribution in [2.75, 3.05) is 20.3 Å². The highest BCUT2D eigenvalue weighted by molar-refractivity contribution is 8.26. The summed E-state index contributed by atoms with van der Waals surface area (Å²) in [5, 5.41) is 0. The van der Waals surface area contributed by atoms with Crippen LogP contribution in [0.15, 0.2) is 53.4 Å². The number of hydrogen-bond donors (Lipinski definition) is 0. The van der Waals surface area contributed by atoms with Crippen molar-refractivity contribution in [2.24, 2.45) is 0 Å². The summed E-state index contributed by atoms with van der Waals surface area (Å²) >= 11 is 6.49. The second-order valence-corrected chi connectivity index (χ2v) is 8.92. The molecule has 1 heterocycles. The molecular formula is C24H27NO3S2. The van der Waals surface area contributed by atoms with Gasteiger partial charge >= 0.3 is 0 Å². The molecule has 2 aromatic rings. The van der Waals surface area contributed by atoms with Crippen molar-refractivity contribution in [2.45, 2.75) is 32.6 Å². The van der Waals surface area contributed by atoms with E-state index in [-0.39, 0.29) is 5.91 Å². The van der Waals surface area contributed by atoms with Crippen molar-refractivity contribution in [3.8, 4) is 11.5 Å². The Morgan fingerprint density at radius 3 is 2.43 bits per heavy atom. The van der Waals surface area contributed by atoms with E-state index in [0.29, 0.717) is 28.4 Å². The molecule has 0 aromatic heterocycles. The molecule has 0 aliphatic carbocycles. The first-order valence-corrected chi connectivity index (χ1v) is 11.4. The topological polar surface area (TPSA) is 38.8 Å². The quantitative estimate of drug-likeness (QED) is 0.276. The van der Waals surface area contributed by atoms with Crippen LogP contribution in [-0.4, -0.2) is 35.4 Å². The molecule has 1 atom stereocenters. The standard InChI is InChI=1S/C24H27NO3S2/c1-4-17(2)19-9-11-20(12-10-19)27-13-6-14-28-21-8-5-7-18(15-21)16-22-23(26)25(3)24(29)30-22/h5,7-12,15-17H,4,6,13-14H2,1-3H3. The SMILES string of the molecule is CCC(C)c1ccc(OCCCOc2cccc(C=C3SC(=S)N(C)C3=O)c2)cc1. The number of benzene rings is 2. The van der Waals surface area contributed by atoms with Gasteiger partial charge in [0.25, 0.3) is 5.91 Å². The maximum Gasteiger partial charge on any atom is 0.265 e. The summed E-state index contributed by atoms with van der Waals surface area (Å²) in [6, 6.07) is 16.0. The van der Waals surface area contributed by atoms with Gasteiger partial charge in [-0.25, -0.2) is 0 Å². The van der Waals surface area contributed by atoms with E-state index in [1.807, 2.05) is 42.5 Å². The van der Waals surface area contributed by atoms with Crippen molar-refractivity contribution < 1.29 is 14.3 Å². The summed E-state index contributed by atoms with van der Waals surface area (Å²) in [5.74, 6) is 2.17. The summed E-state index contributed by atoms with van der Waals surface area (Å²) in [6.45, 7) is 5.59. The third kappa shape index (κ3) is 5.86. The third-order valence-corrected chi connectivity index (χ3v) is 6.51. The van der Waals surface area contributed by atoms with Crippen LogP contribution < -0.4 is 9.47 Å². The van der Waals surface area contributed by atoms with E-state index in [9.17, 15) is 4.79 Å². The Morgan fingerprint density at radius 1 is 1.10 bits per heavy atom.